The van der Waals surface area contributed by atoms with Crippen molar-refractivity contribution in [1.29, 1.82) is 0 Å². The lowest BCUT2D eigenvalue weighted by atomic mass is 10.2. The first kappa shape index (κ1) is 13.0. The van der Waals surface area contributed by atoms with Gasteiger partial charge in [-0.15, -0.1) is 0 Å². The first-order chi connectivity index (χ1) is 9.45. The standard InChI is InChI=1S/C14H8ClF3N2/c15-10-4-1-3-9(7-10)11-8-20-12(14(16,17)18)5-2-6-13(20)19-11/h1-8H. The second kappa shape index (κ2) is 4.52. The zero-order valence-electron chi connectivity index (χ0n) is 10.0. The number of halogens is 4. The Morgan fingerprint density at radius 1 is 1.05 bits per heavy atom. The van der Waals surface area contributed by atoms with Gasteiger partial charge in [0.15, 0.2) is 0 Å². The number of fused-ring (bicyclic) bond motifs is 1. The van der Waals surface area contributed by atoms with Crippen molar-refractivity contribution in [1.82, 2.24) is 9.38 Å². The Balaban J connectivity index is 2.21. The Morgan fingerprint density at radius 2 is 1.80 bits per heavy atom. The number of nitrogens with zero attached hydrogens (tertiary/aromatic N) is 2. The number of aromatic nitrogens is 2. The van der Waals surface area contributed by atoms with Crippen molar-refractivity contribution in [2.24, 2.45) is 0 Å². The molecule has 2 heterocycles. The lowest BCUT2D eigenvalue weighted by Gasteiger charge is -2.08. The van der Waals surface area contributed by atoms with Gasteiger partial charge in [0, 0.05) is 16.8 Å². The summed E-state index contributed by atoms with van der Waals surface area (Å²) in [7, 11) is 0. The fourth-order valence-electron chi connectivity index (χ4n) is 2.03. The normalized spacial score (nSPS) is 12.0. The molecule has 0 saturated carbocycles. The van der Waals surface area contributed by atoms with Crippen LogP contribution in [0.3, 0.4) is 0 Å². The number of imidazole rings is 1. The largest absolute Gasteiger partial charge is 0.431 e. The minimum atomic E-state index is -4.42. The van der Waals surface area contributed by atoms with Gasteiger partial charge in [0.2, 0.25) is 0 Å². The second-order valence-electron chi connectivity index (χ2n) is 4.27. The Kier molecular flexibility index (Phi) is 2.94. The highest BCUT2D eigenvalue weighted by atomic mass is 35.5. The van der Waals surface area contributed by atoms with Gasteiger partial charge in [-0.3, -0.25) is 4.40 Å². The minimum Gasteiger partial charge on any atom is -0.295 e. The summed E-state index contributed by atoms with van der Waals surface area (Å²) < 4.78 is 39.8. The van der Waals surface area contributed by atoms with Crippen LogP contribution in [0.4, 0.5) is 13.2 Å². The van der Waals surface area contributed by atoms with Gasteiger partial charge in [-0.25, -0.2) is 4.98 Å². The van der Waals surface area contributed by atoms with Gasteiger partial charge in [-0.2, -0.15) is 13.2 Å². The predicted octanol–water partition coefficient (Wildman–Crippen LogP) is 4.67. The summed E-state index contributed by atoms with van der Waals surface area (Å²) in [6.45, 7) is 0. The molecular weight excluding hydrogens is 289 g/mol. The number of alkyl halides is 3. The van der Waals surface area contributed by atoms with Gasteiger partial charge < -0.3 is 0 Å². The van der Waals surface area contributed by atoms with Gasteiger partial charge in [-0.1, -0.05) is 29.8 Å². The van der Waals surface area contributed by atoms with Crippen molar-refractivity contribution < 1.29 is 13.2 Å². The molecule has 0 N–H and O–H groups in total. The van der Waals surface area contributed by atoms with E-state index in [0.717, 1.165) is 10.5 Å². The van der Waals surface area contributed by atoms with E-state index in [1.165, 1.54) is 18.3 Å². The molecule has 0 aliphatic rings. The topological polar surface area (TPSA) is 17.3 Å². The van der Waals surface area contributed by atoms with Crippen LogP contribution in [-0.2, 0) is 6.18 Å². The third-order valence-electron chi connectivity index (χ3n) is 2.90. The maximum Gasteiger partial charge on any atom is 0.431 e. The summed E-state index contributed by atoms with van der Waals surface area (Å²) in [6.07, 6.45) is -3.06. The quantitative estimate of drug-likeness (QED) is 0.637. The van der Waals surface area contributed by atoms with E-state index < -0.39 is 11.9 Å². The van der Waals surface area contributed by atoms with Crippen LogP contribution >= 0.6 is 11.6 Å². The van der Waals surface area contributed by atoms with Crippen LogP contribution in [0, 0.1) is 0 Å². The molecule has 0 bridgehead atoms. The SMILES string of the molecule is FC(F)(F)c1cccc2nc(-c3cccc(Cl)c3)cn12. The maximum atomic E-state index is 12.9. The average molecular weight is 297 g/mol. The predicted molar refractivity (Wildman–Crippen MR) is 70.6 cm³/mol. The zero-order valence-corrected chi connectivity index (χ0v) is 10.8. The third kappa shape index (κ3) is 2.25. The Hall–Kier alpha value is -2.01. The van der Waals surface area contributed by atoms with Crippen LogP contribution in [0.25, 0.3) is 16.9 Å². The molecule has 102 valence electrons. The first-order valence-electron chi connectivity index (χ1n) is 5.76. The first-order valence-corrected chi connectivity index (χ1v) is 6.14. The van der Waals surface area contributed by atoms with Crippen LogP contribution in [-0.4, -0.2) is 9.38 Å². The van der Waals surface area contributed by atoms with E-state index in [1.54, 1.807) is 24.3 Å². The average Bonchev–Trinajstić information content (AvgIpc) is 2.81. The molecule has 20 heavy (non-hydrogen) atoms. The summed E-state index contributed by atoms with van der Waals surface area (Å²) in [5.74, 6) is 0. The highest BCUT2D eigenvalue weighted by molar-refractivity contribution is 6.30. The van der Waals surface area contributed by atoms with Crippen LogP contribution in [0.2, 0.25) is 5.02 Å². The van der Waals surface area contributed by atoms with Crippen LogP contribution in [0.15, 0.2) is 48.7 Å². The molecule has 0 aliphatic carbocycles. The van der Waals surface area contributed by atoms with Gasteiger partial charge in [0.25, 0.3) is 0 Å². The van der Waals surface area contributed by atoms with E-state index in [1.807, 2.05) is 0 Å². The molecule has 0 radical (unpaired) electrons. The highest BCUT2D eigenvalue weighted by Gasteiger charge is 2.33. The molecule has 3 rings (SSSR count). The van der Waals surface area contributed by atoms with E-state index in [0.29, 0.717) is 16.3 Å². The smallest absolute Gasteiger partial charge is 0.295 e. The van der Waals surface area contributed by atoms with E-state index in [9.17, 15) is 13.2 Å². The summed E-state index contributed by atoms with van der Waals surface area (Å²) >= 11 is 5.88. The number of pyridine rings is 1. The van der Waals surface area contributed by atoms with E-state index >= 15 is 0 Å². The fourth-order valence-corrected chi connectivity index (χ4v) is 2.22. The minimum absolute atomic E-state index is 0.245. The van der Waals surface area contributed by atoms with Crippen LogP contribution < -0.4 is 0 Å². The van der Waals surface area contributed by atoms with Crippen molar-refractivity contribution in [3.63, 3.8) is 0 Å². The van der Waals surface area contributed by atoms with Gasteiger partial charge >= 0.3 is 6.18 Å². The number of benzene rings is 1. The molecule has 0 atom stereocenters. The summed E-state index contributed by atoms with van der Waals surface area (Å²) in [6, 6.07) is 10.7. The van der Waals surface area contributed by atoms with E-state index in [4.69, 9.17) is 11.6 Å². The van der Waals surface area contributed by atoms with Gasteiger partial charge in [0.1, 0.15) is 11.3 Å². The van der Waals surface area contributed by atoms with Crippen molar-refractivity contribution in [3.05, 3.63) is 59.4 Å². The van der Waals surface area contributed by atoms with Crippen molar-refractivity contribution in [2.45, 2.75) is 6.18 Å². The van der Waals surface area contributed by atoms with Crippen molar-refractivity contribution >= 4 is 17.2 Å². The lowest BCUT2D eigenvalue weighted by Crippen LogP contribution is -2.10. The van der Waals surface area contributed by atoms with Crippen LogP contribution in [0.5, 0.6) is 0 Å². The summed E-state index contributed by atoms with van der Waals surface area (Å²) in [5, 5.41) is 0.510. The van der Waals surface area contributed by atoms with E-state index in [-0.39, 0.29) is 5.65 Å². The molecule has 0 saturated heterocycles. The van der Waals surface area contributed by atoms with Crippen LogP contribution in [0.1, 0.15) is 5.69 Å². The molecule has 0 unspecified atom stereocenters. The van der Waals surface area contributed by atoms with Gasteiger partial charge in [-0.05, 0) is 24.3 Å². The molecular formula is C14H8ClF3N2. The van der Waals surface area contributed by atoms with Crippen molar-refractivity contribution in [2.75, 3.05) is 0 Å². The van der Waals surface area contributed by atoms with Crippen molar-refractivity contribution in [3.8, 4) is 11.3 Å². The third-order valence-corrected chi connectivity index (χ3v) is 3.14. The molecule has 0 fully saturated rings. The molecule has 0 amide bonds. The van der Waals surface area contributed by atoms with Gasteiger partial charge in [0.05, 0.1) is 5.69 Å². The Morgan fingerprint density at radius 3 is 2.50 bits per heavy atom. The fraction of sp³-hybridized carbons (Fsp3) is 0.0714. The zero-order chi connectivity index (χ0) is 14.3. The Bertz CT molecular complexity index is 777. The van der Waals surface area contributed by atoms with E-state index in [2.05, 4.69) is 4.98 Å². The monoisotopic (exact) mass is 296 g/mol. The highest BCUT2D eigenvalue weighted by Crippen LogP contribution is 2.31. The molecule has 1 aromatic carbocycles. The molecule has 6 heteroatoms. The maximum absolute atomic E-state index is 12.9. The molecule has 0 spiro atoms. The molecule has 2 aromatic heterocycles. The number of hydrogen-bond donors (Lipinski definition) is 0. The molecule has 2 nitrogen and oxygen atoms in total. The summed E-state index contributed by atoms with van der Waals surface area (Å²) in [5.41, 5.74) is 0.615. The Labute approximate surface area is 117 Å². The number of hydrogen-bond acceptors (Lipinski definition) is 1. The molecule has 3 aromatic rings. The number of rotatable bonds is 1. The summed E-state index contributed by atoms with van der Waals surface area (Å²) in [4.78, 5) is 4.20. The second-order valence-corrected chi connectivity index (χ2v) is 4.71. The molecule has 0 aliphatic heterocycles. The lowest BCUT2D eigenvalue weighted by molar-refractivity contribution is -0.142.